The van der Waals surface area contributed by atoms with Crippen LogP contribution in [0.15, 0.2) is 0 Å². The molecule has 1 unspecified atom stereocenters. The summed E-state index contributed by atoms with van der Waals surface area (Å²) in [5.74, 6) is -3.72. The van der Waals surface area contributed by atoms with Crippen LogP contribution in [-0.4, -0.2) is 174 Å². The third-order valence-electron chi connectivity index (χ3n) is 11.8. The number of hydrogen-bond acceptors (Lipinski definition) is 10. The molecule has 0 bridgehead atoms. The molecule has 0 radical (unpaired) electrons. The first-order chi connectivity index (χ1) is 29.8. The fourth-order valence-electron chi connectivity index (χ4n) is 7.35. The zero-order valence-corrected chi connectivity index (χ0v) is 43.4. The molecule has 8 amide bonds. The summed E-state index contributed by atoms with van der Waals surface area (Å²) in [4.78, 5) is 117. The Labute approximate surface area is 390 Å². The summed E-state index contributed by atoms with van der Waals surface area (Å²) < 4.78 is 0. The maximum Gasteiger partial charge on any atom is 0.256 e. The van der Waals surface area contributed by atoms with E-state index in [-0.39, 0.29) is 42.4 Å². The van der Waals surface area contributed by atoms with Crippen LogP contribution in [0.4, 0.5) is 0 Å². The second-order valence-electron chi connectivity index (χ2n) is 18.3. The van der Waals surface area contributed by atoms with Crippen molar-refractivity contribution in [3.8, 4) is 0 Å². The monoisotopic (exact) mass is 926 g/mol. The van der Waals surface area contributed by atoms with Crippen molar-refractivity contribution < 1.29 is 38.4 Å². The summed E-state index contributed by atoms with van der Waals surface area (Å²) >= 11 is 1.37. The molecule has 0 spiro atoms. The van der Waals surface area contributed by atoms with Crippen molar-refractivity contribution in [3.63, 3.8) is 0 Å². The zero-order valence-electron chi connectivity index (χ0n) is 42.6. The minimum Gasteiger partial charge on any atom is -0.357 e. The molecule has 17 nitrogen and oxygen atoms in total. The van der Waals surface area contributed by atoms with Gasteiger partial charge in [0.2, 0.25) is 41.4 Å². The van der Waals surface area contributed by atoms with E-state index in [9.17, 15) is 38.4 Å². The van der Waals surface area contributed by atoms with Gasteiger partial charge in [-0.15, -0.1) is 11.8 Å². The molecule has 0 aliphatic rings. The molecule has 0 rings (SSSR count). The van der Waals surface area contributed by atoms with Gasteiger partial charge in [-0.2, -0.15) is 0 Å². The van der Waals surface area contributed by atoms with Crippen molar-refractivity contribution >= 4 is 59.0 Å². The summed E-state index contributed by atoms with van der Waals surface area (Å²) in [6.07, 6.45) is 2.10. The third kappa shape index (κ3) is 18.5. The summed E-state index contributed by atoms with van der Waals surface area (Å²) in [5, 5.41) is 10.0. The largest absolute Gasteiger partial charge is 0.357 e. The Balaban J connectivity index is 6.44. The molecule has 4 N–H and O–H groups in total. The second kappa shape index (κ2) is 29.6. The van der Waals surface area contributed by atoms with E-state index in [2.05, 4.69) is 40.0 Å². The number of likely N-dealkylation sites (N-methyl/N-ethyl adjacent to an activating group) is 5. The Kier molecular flexibility index (Phi) is 27.8. The summed E-state index contributed by atoms with van der Waals surface area (Å²) in [7, 11) is 7.69. The summed E-state index contributed by atoms with van der Waals surface area (Å²) in [5.41, 5.74) is 0. The number of amides is 8. The number of thioether (sulfide) groups is 1. The molecule has 0 aromatic rings. The Bertz CT molecular complexity index is 1530. The van der Waals surface area contributed by atoms with E-state index in [0.717, 1.165) is 19.6 Å². The van der Waals surface area contributed by atoms with Gasteiger partial charge in [-0.1, -0.05) is 82.6 Å². The molecule has 8 atom stereocenters. The van der Waals surface area contributed by atoms with Gasteiger partial charge in [0.1, 0.15) is 36.3 Å². The van der Waals surface area contributed by atoms with E-state index in [0.29, 0.717) is 25.0 Å². The van der Waals surface area contributed by atoms with Crippen LogP contribution >= 0.6 is 11.8 Å². The first kappa shape index (κ1) is 60.1. The molecule has 0 heterocycles. The molecule has 0 fully saturated rings. The average molecular weight is 926 g/mol. The topological polar surface area (TPSA) is 201 Å². The second-order valence-corrected chi connectivity index (χ2v) is 19.5. The first-order valence-corrected chi connectivity index (χ1v) is 24.3. The summed E-state index contributed by atoms with van der Waals surface area (Å²) in [6.45, 7) is 26.5. The minimum atomic E-state index is -1.10. The van der Waals surface area contributed by atoms with Crippen molar-refractivity contribution in [2.24, 2.45) is 23.7 Å². The SMILES string of the molecule is CCCC(=O)N(C)[C@H](SCCN(CC)CC)C(=O)N(C)[C@H](C(=O)N[C@H](C(=O)N(C)[C@@H](CC(C)C)C(=O)N[C@@H](C)C(=O)N[C@H](C)C(=O)N(C)[C@@H](CC(C)C)C(=O)NC)C(C)C)C(C)CC. The third-order valence-corrected chi connectivity index (χ3v) is 13.0. The van der Waals surface area contributed by atoms with Crippen molar-refractivity contribution in [1.29, 1.82) is 0 Å². The highest BCUT2D eigenvalue weighted by atomic mass is 32.2. The van der Waals surface area contributed by atoms with Crippen molar-refractivity contribution in [2.45, 2.75) is 164 Å². The van der Waals surface area contributed by atoms with Crippen LogP contribution in [0, 0.1) is 23.7 Å². The van der Waals surface area contributed by atoms with Crippen LogP contribution in [0.5, 0.6) is 0 Å². The van der Waals surface area contributed by atoms with Crippen LogP contribution in [0.1, 0.15) is 122 Å². The predicted molar refractivity (Wildman–Crippen MR) is 256 cm³/mol. The van der Waals surface area contributed by atoms with E-state index in [4.69, 9.17) is 0 Å². The number of nitrogens with zero attached hydrogens (tertiary/aromatic N) is 5. The van der Waals surface area contributed by atoms with Crippen LogP contribution in [-0.2, 0) is 38.4 Å². The van der Waals surface area contributed by atoms with Crippen molar-refractivity contribution in [1.82, 2.24) is 45.8 Å². The summed E-state index contributed by atoms with van der Waals surface area (Å²) in [6, 6.07) is -5.94. The van der Waals surface area contributed by atoms with Gasteiger partial charge in [-0.05, 0) is 69.9 Å². The van der Waals surface area contributed by atoms with Gasteiger partial charge >= 0.3 is 0 Å². The molecule has 0 saturated heterocycles. The first-order valence-electron chi connectivity index (χ1n) is 23.3. The fourth-order valence-corrected chi connectivity index (χ4v) is 8.59. The quantitative estimate of drug-likeness (QED) is 0.0809. The Morgan fingerprint density at radius 2 is 1.06 bits per heavy atom. The van der Waals surface area contributed by atoms with Gasteiger partial charge in [-0.25, -0.2) is 0 Å². The van der Waals surface area contributed by atoms with E-state index >= 15 is 0 Å². The zero-order chi connectivity index (χ0) is 49.8. The standard InChI is InChI=1S/C46H87N9O8S/c1-19-23-36(56)53(17)46(64-25-24-55(21-3)22-4)45(63)54(18)38(31(11)20-2)42(60)50-37(30(9)10)44(62)52(16)35(27-29(7)8)41(59)48-32(12)39(57)49-33(13)43(61)51(15)34(26-28(5)6)40(58)47-14/h28-35,37-38,46H,19-27H2,1-18H3,(H,47,58)(H,48,59)(H,49,57)(H,50,60)/t31?,32-,33+,34-,35-,37-,38-,46+/m0/s1. The van der Waals surface area contributed by atoms with Gasteiger partial charge in [0.25, 0.3) is 5.91 Å². The number of hydrogen-bond donors (Lipinski definition) is 4. The molecular weight excluding hydrogens is 839 g/mol. The lowest BCUT2D eigenvalue weighted by Gasteiger charge is -2.38. The highest BCUT2D eigenvalue weighted by Crippen LogP contribution is 2.24. The number of carbonyl (C=O) groups excluding carboxylic acids is 8. The van der Waals surface area contributed by atoms with Gasteiger partial charge in [0, 0.05) is 54.0 Å². The molecule has 64 heavy (non-hydrogen) atoms. The fraction of sp³-hybridized carbons (Fsp3) is 0.826. The smallest absolute Gasteiger partial charge is 0.256 e. The van der Waals surface area contributed by atoms with Crippen molar-refractivity contribution in [3.05, 3.63) is 0 Å². The normalized spacial score (nSPS) is 15.3. The maximum atomic E-state index is 14.4. The predicted octanol–water partition coefficient (Wildman–Crippen LogP) is 3.16. The van der Waals surface area contributed by atoms with Crippen LogP contribution < -0.4 is 21.3 Å². The molecule has 0 aromatic heterocycles. The molecule has 0 aliphatic carbocycles. The molecule has 370 valence electrons. The van der Waals surface area contributed by atoms with Gasteiger partial charge < -0.3 is 45.8 Å². The Hall–Kier alpha value is -3.93. The molecule has 18 heteroatoms. The minimum absolute atomic E-state index is 0.0517. The average Bonchev–Trinajstić information content (AvgIpc) is 3.24. The number of nitrogens with one attached hydrogen (secondary N) is 4. The van der Waals surface area contributed by atoms with E-state index in [1.807, 2.05) is 48.5 Å². The van der Waals surface area contributed by atoms with Crippen molar-refractivity contribution in [2.75, 3.05) is 60.6 Å². The van der Waals surface area contributed by atoms with E-state index in [1.165, 1.54) is 66.4 Å². The van der Waals surface area contributed by atoms with E-state index < -0.39 is 83.0 Å². The Morgan fingerprint density at radius 3 is 1.52 bits per heavy atom. The molecule has 0 aliphatic heterocycles. The maximum absolute atomic E-state index is 14.4. The van der Waals surface area contributed by atoms with Crippen LogP contribution in [0.2, 0.25) is 0 Å². The van der Waals surface area contributed by atoms with Gasteiger partial charge in [0.15, 0.2) is 5.37 Å². The highest BCUT2D eigenvalue weighted by Gasteiger charge is 2.41. The number of carbonyl (C=O) groups is 8. The van der Waals surface area contributed by atoms with Crippen LogP contribution in [0.25, 0.3) is 0 Å². The molecule has 0 aromatic carbocycles. The lowest BCUT2D eigenvalue weighted by molar-refractivity contribution is -0.148. The lowest BCUT2D eigenvalue weighted by Crippen LogP contribution is -2.61. The van der Waals surface area contributed by atoms with Crippen LogP contribution in [0.3, 0.4) is 0 Å². The number of rotatable bonds is 29. The molecule has 0 saturated carbocycles. The van der Waals surface area contributed by atoms with Gasteiger partial charge in [-0.3, -0.25) is 38.4 Å². The van der Waals surface area contributed by atoms with Gasteiger partial charge in [0.05, 0.1) is 0 Å². The highest BCUT2D eigenvalue weighted by molar-refractivity contribution is 8.00. The van der Waals surface area contributed by atoms with E-state index in [1.54, 1.807) is 27.9 Å². The Morgan fingerprint density at radius 1 is 0.562 bits per heavy atom. The molecular formula is C46H87N9O8S. The lowest BCUT2D eigenvalue weighted by atomic mass is 9.94.